The number of hydrogen-bond acceptors (Lipinski definition) is 5. The summed E-state index contributed by atoms with van der Waals surface area (Å²) in [7, 11) is -2.24. The highest BCUT2D eigenvalue weighted by molar-refractivity contribution is 7.89. The zero-order chi connectivity index (χ0) is 16.2. The number of nitrogens with one attached hydrogen (secondary N) is 1. The molecule has 22 heavy (non-hydrogen) atoms. The number of aryl methyl sites for hydroxylation is 1. The van der Waals surface area contributed by atoms with Gasteiger partial charge in [-0.05, 0) is 43.5 Å². The Morgan fingerprint density at radius 3 is 2.59 bits per heavy atom. The fraction of sp³-hybridized carbons (Fsp3) is 0.533. The maximum absolute atomic E-state index is 12.3. The summed E-state index contributed by atoms with van der Waals surface area (Å²) in [5.41, 5.74) is 0.651. The second kappa shape index (κ2) is 7.11. The highest BCUT2D eigenvalue weighted by Gasteiger charge is 2.23. The number of hydrogen-bond donors (Lipinski definition) is 1. The lowest BCUT2D eigenvalue weighted by molar-refractivity contribution is -0.142. The van der Waals surface area contributed by atoms with Gasteiger partial charge >= 0.3 is 5.97 Å². The van der Waals surface area contributed by atoms with Gasteiger partial charge < -0.3 is 9.47 Å². The molecule has 122 valence electrons. The summed E-state index contributed by atoms with van der Waals surface area (Å²) in [6.45, 7) is 1.53. The van der Waals surface area contributed by atoms with Gasteiger partial charge in [0.15, 0.2) is 6.61 Å². The Balaban J connectivity index is 2.08. The van der Waals surface area contributed by atoms with E-state index in [9.17, 15) is 13.2 Å². The maximum Gasteiger partial charge on any atom is 0.343 e. The van der Waals surface area contributed by atoms with Crippen molar-refractivity contribution in [3.63, 3.8) is 0 Å². The van der Waals surface area contributed by atoms with Crippen molar-refractivity contribution in [1.29, 1.82) is 0 Å². The van der Waals surface area contributed by atoms with Gasteiger partial charge in [0.25, 0.3) is 0 Å². The molecule has 0 radical (unpaired) electrons. The van der Waals surface area contributed by atoms with Crippen molar-refractivity contribution in [2.75, 3.05) is 13.7 Å². The van der Waals surface area contributed by atoms with Gasteiger partial charge in [0.05, 0.1) is 12.0 Å². The van der Waals surface area contributed by atoms with Crippen LogP contribution < -0.4 is 9.46 Å². The molecule has 1 aromatic rings. The van der Waals surface area contributed by atoms with Crippen LogP contribution in [-0.4, -0.2) is 34.1 Å². The van der Waals surface area contributed by atoms with E-state index in [2.05, 4.69) is 9.46 Å². The second-order valence-electron chi connectivity index (χ2n) is 5.39. The van der Waals surface area contributed by atoms with E-state index in [4.69, 9.17) is 4.74 Å². The molecule has 6 nitrogen and oxygen atoms in total. The Labute approximate surface area is 130 Å². The minimum atomic E-state index is -3.52. The van der Waals surface area contributed by atoms with Crippen LogP contribution in [-0.2, 0) is 19.6 Å². The number of rotatable bonds is 6. The zero-order valence-electron chi connectivity index (χ0n) is 12.8. The molecular formula is C15H21NO5S. The molecule has 0 unspecified atom stereocenters. The molecule has 0 amide bonds. The standard InChI is InChI=1S/C15H21NO5S/c1-11-9-13(7-8-14(11)21-10-15(17)20-2)22(18,19)16-12-5-3-4-6-12/h7-9,12,16H,3-6,10H2,1-2H3. The van der Waals surface area contributed by atoms with Crippen LogP contribution in [0.15, 0.2) is 23.1 Å². The van der Waals surface area contributed by atoms with Crippen LogP contribution in [0.2, 0.25) is 0 Å². The van der Waals surface area contributed by atoms with E-state index >= 15 is 0 Å². The third-order valence-electron chi connectivity index (χ3n) is 3.71. The first-order chi connectivity index (χ1) is 10.4. The summed E-state index contributed by atoms with van der Waals surface area (Å²) in [4.78, 5) is 11.3. The van der Waals surface area contributed by atoms with Crippen molar-refractivity contribution >= 4 is 16.0 Å². The minimum Gasteiger partial charge on any atom is -0.482 e. The zero-order valence-corrected chi connectivity index (χ0v) is 13.6. The summed E-state index contributed by atoms with van der Waals surface area (Å²) >= 11 is 0. The third-order valence-corrected chi connectivity index (χ3v) is 5.23. The van der Waals surface area contributed by atoms with Gasteiger partial charge in [0.1, 0.15) is 5.75 Å². The quantitative estimate of drug-likeness (QED) is 0.805. The molecule has 1 aliphatic rings. The van der Waals surface area contributed by atoms with Gasteiger partial charge in [0, 0.05) is 6.04 Å². The van der Waals surface area contributed by atoms with E-state index in [0.29, 0.717) is 11.3 Å². The highest BCUT2D eigenvalue weighted by Crippen LogP contribution is 2.24. The number of esters is 1. The van der Waals surface area contributed by atoms with Gasteiger partial charge in [-0.25, -0.2) is 17.9 Å². The Morgan fingerprint density at radius 1 is 1.32 bits per heavy atom. The van der Waals surface area contributed by atoms with Crippen LogP contribution in [0.1, 0.15) is 31.2 Å². The normalized spacial score (nSPS) is 15.7. The number of benzene rings is 1. The Hall–Kier alpha value is -1.60. The molecule has 0 bridgehead atoms. The summed E-state index contributed by atoms with van der Waals surface area (Å²) in [6, 6.07) is 4.61. The van der Waals surface area contributed by atoms with Gasteiger partial charge in [-0.1, -0.05) is 12.8 Å². The van der Waals surface area contributed by atoms with Crippen molar-refractivity contribution in [2.45, 2.75) is 43.5 Å². The van der Waals surface area contributed by atoms with Crippen LogP contribution >= 0.6 is 0 Å². The molecule has 1 N–H and O–H groups in total. The van der Waals surface area contributed by atoms with Crippen molar-refractivity contribution in [3.05, 3.63) is 23.8 Å². The topological polar surface area (TPSA) is 81.7 Å². The van der Waals surface area contributed by atoms with Crippen LogP contribution in [0, 0.1) is 6.92 Å². The molecule has 1 aliphatic carbocycles. The van der Waals surface area contributed by atoms with Crippen LogP contribution in [0.4, 0.5) is 0 Å². The van der Waals surface area contributed by atoms with E-state index in [1.165, 1.54) is 13.2 Å². The maximum atomic E-state index is 12.3. The first kappa shape index (κ1) is 16.8. The van der Waals surface area contributed by atoms with Crippen LogP contribution in [0.5, 0.6) is 5.75 Å². The molecule has 2 rings (SSSR count). The molecule has 0 atom stereocenters. The molecule has 7 heteroatoms. The predicted molar refractivity (Wildman–Crippen MR) is 81.3 cm³/mol. The van der Waals surface area contributed by atoms with E-state index < -0.39 is 16.0 Å². The van der Waals surface area contributed by atoms with E-state index in [1.807, 2.05) is 0 Å². The monoisotopic (exact) mass is 327 g/mol. The Morgan fingerprint density at radius 2 is 2.00 bits per heavy atom. The van der Waals surface area contributed by atoms with Crippen molar-refractivity contribution in [1.82, 2.24) is 4.72 Å². The number of carbonyl (C=O) groups is 1. The lowest BCUT2D eigenvalue weighted by Gasteiger charge is -2.14. The van der Waals surface area contributed by atoms with Gasteiger partial charge in [0.2, 0.25) is 10.0 Å². The molecule has 1 aromatic carbocycles. The predicted octanol–water partition coefficient (Wildman–Crippen LogP) is 1.77. The van der Waals surface area contributed by atoms with Crippen molar-refractivity contribution in [3.8, 4) is 5.75 Å². The molecule has 0 aliphatic heterocycles. The highest BCUT2D eigenvalue weighted by atomic mass is 32.2. The largest absolute Gasteiger partial charge is 0.482 e. The van der Waals surface area contributed by atoms with E-state index in [1.54, 1.807) is 19.1 Å². The molecule has 0 saturated heterocycles. The first-order valence-corrected chi connectivity index (χ1v) is 8.73. The fourth-order valence-electron chi connectivity index (χ4n) is 2.48. The molecule has 1 saturated carbocycles. The SMILES string of the molecule is COC(=O)COc1ccc(S(=O)(=O)NC2CCCC2)cc1C. The van der Waals surface area contributed by atoms with Crippen LogP contribution in [0.25, 0.3) is 0 Å². The van der Waals surface area contributed by atoms with Crippen LogP contribution in [0.3, 0.4) is 0 Å². The number of carbonyl (C=O) groups excluding carboxylic acids is 1. The Bertz CT molecular complexity index is 635. The summed E-state index contributed by atoms with van der Waals surface area (Å²) in [6.07, 6.45) is 3.90. The summed E-state index contributed by atoms with van der Waals surface area (Å²) < 4.78 is 37.2. The van der Waals surface area contributed by atoms with Crippen molar-refractivity contribution in [2.24, 2.45) is 0 Å². The molecular weight excluding hydrogens is 306 g/mol. The third kappa shape index (κ3) is 4.20. The summed E-state index contributed by atoms with van der Waals surface area (Å²) in [5, 5.41) is 0. The minimum absolute atomic E-state index is 0.0283. The van der Waals surface area contributed by atoms with Crippen molar-refractivity contribution < 1.29 is 22.7 Å². The Kier molecular flexibility index (Phi) is 5.42. The van der Waals surface area contributed by atoms with Gasteiger partial charge in [-0.15, -0.1) is 0 Å². The van der Waals surface area contributed by atoms with E-state index in [-0.39, 0.29) is 17.5 Å². The number of sulfonamides is 1. The average molecular weight is 327 g/mol. The number of methoxy groups -OCH3 is 1. The molecule has 0 aromatic heterocycles. The second-order valence-corrected chi connectivity index (χ2v) is 7.11. The smallest absolute Gasteiger partial charge is 0.343 e. The lowest BCUT2D eigenvalue weighted by Crippen LogP contribution is -2.32. The first-order valence-electron chi connectivity index (χ1n) is 7.25. The molecule has 0 spiro atoms. The molecule has 1 fully saturated rings. The average Bonchev–Trinajstić information content (AvgIpc) is 2.97. The fourth-order valence-corrected chi connectivity index (χ4v) is 3.87. The summed E-state index contributed by atoms with van der Waals surface area (Å²) in [5.74, 6) is -0.0239. The van der Waals surface area contributed by atoms with Gasteiger partial charge in [-0.2, -0.15) is 0 Å². The number of ether oxygens (including phenoxy) is 2. The van der Waals surface area contributed by atoms with Gasteiger partial charge in [-0.3, -0.25) is 0 Å². The molecule has 0 heterocycles. The van der Waals surface area contributed by atoms with E-state index in [0.717, 1.165) is 25.7 Å². The lowest BCUT2D eigenvalue weighted by atomic mass is 10.2.